The van der Waals surface area contributed by atoms with Crippen molar-refractivity contribution in [3.05, 3.63) is 115 Å². The number of rotatable bonds is 8. The number of amides is 1. The maximum absolute atomic E-state index is 12.4. The number of nitrogens with one attached hydrogen (secondary N) is 2. The molecule has 0 bridgehead atoms. The maximum atomic E-state index is 12.4. The zero-order chi connectivity index (χ0) is 28.3. The van der Waals surface area contributed by atoms with Gasteiger partial charge >= 0.3 is 0 Å². The van der Waals surface area contributed by atoms with Crippen molar-refractivity contribution < 1.29 is 14.3 Å². The van der Waals surface area contributed by atoms with Crippen LogP contribution in [0.3, 0.4) is 0 Å². The van der Waals surface area contributed by atoms with E-state index in [1.807, 2.05) is 54.6 Å². The molecule has 1 aliphatic rings. The van der Waals surface area contributed by atoms with Gasteiger partial charge in [-0.15, -0.1) is 0 Å². The van der Waals surface area contributed by atoms with Crippen molar-refractivity contribution in [2.75, 3.05) is 31.0 Å². The Morgan fingerprint density at radius 2 is 1.76 bits per heavy atom. The van der Waals surface area contributed by atoms with E-state index in [9.17, 15) is 4.79 Å². The Bertz CT molecular complexity index is 1720. The molecule has 2 aromatic heterocycles. The third-order valence-electron chi connectivity index (χ3n) is 7.20. The molecule has 8 nitrogen and oxygen atoms in total. The number of fused-ring (bicyclic) bond motifs is 1. The molecule has 1 fully saturated rings. The van der Waals surface area contributed by atoms with Crippen LogP contribution in [0.15, 0.2) is 103 Å². The lowest BCUT2D eigenvalue weighted by Gasteiger charge is -2.29. The summed E-state index contributed by atoms with van der Waals surface area (Å²) in [6, 6.07) is 30.0. The SMILES string of the molecule is COCC(=O)Nc1cc(N2C(=S)N[C@H](c3ccccn3)[C@@H]2c2cccn2-c2ccc3ccccc3c2)ccc1OC. The van der Waals surface area contributed by atoms with Crippen LogP contribution in [-0.2, 0) is 9.53 Å². The number of carbonyl (C=O) groups is 1. The fourth-order valence-corrected chi connectivity index (χ4v) is 5.74. The first kappa shape index (κ1) is 26.5. The third-order valence-corrected chi connectivity index (χ3v) is 7.52. The molecule has 0 saturated carbocycles. The Kier molecular flexibility index (Phi) is 7.37. The fourth-order valence-electron chi connectivity index (χ4n) is 5.39. The number of pyridine rings is 1. The van der Waals surface area contributed by atoms with Gasteiger partial charge in [0, 0.05) is 36.6 Å². The standard InChI is InChI=1S/C32H29N5O3S/c1-39-20-29(38)34-26-19-24(14-15-28(26)40-2)37-31(30(35-32(37)41)25-10-5-6-16-33-25)27-11-7-17-36(27)23-13-12-21-8-3-4-9-22(21)18-23/h3-19,30-31H,20H2,1-2H3,(H,34,38)(H,35,41)/t30-,31+/m1/s1. The van der Waals surface area contributed by atoms with Crippen LogP contribution in [0.4, 0.5) is 11.4 Å². The lowest BCUT2D eigenvalue weighted by molar-refractivity contribution is -0.119. The highest BCUT2D eigenvalue weighted by molar-refractivity contribution is 7.80. The van der Waals surface area contributed by atoms with Gasteiger partial charge in [-0.25, -0.2) is 0 Å². The van der Waals surface area contributed by atoms with Gasteiger partial charge in [0.25, 0.3) is 0 Å². The highest BCUT2D eigenvalue weighted by Gasteiger charge is 2.42. The van der Waals surface area contributed by atoms with Gasteiger partial charge in [0.2, 0.25) is 5.91 Å². The van der Waals surface area contributed by atoms with Crippen molar-refractivity contribution >= 4 is 45.4 Å². The summed E-state index contributed by atoms with van der Waals surface area (Å²) in [5.41, 5.74) is 4.27. The van der Waals surface area contributed by atoms with Crippen LogP contribution in [0, 0.1) is 0 Å². The number of carbonyl (C=O) groups excluding carboxylic acids is 1. The molecule has 206 valence electrons. The Morgan fingerprint density at radius 1 is 0.951 bits per heavy atom. The minimum atomic E-state index is -0.279. The van der Waals surface area contributed by atoms with E-state index in [2.05, 4.69) is 67.7 Å². The molecule has 6 rings (SSSR count). The monoisotopic (exact) mass is 563 g/mol. The van der Waals surface area contributed by atoms with Crippen LogP contribution in [-0.4, -0.2) is 41.4 Å². The average molecular weight is 564 g/mol. The van der Waals surface area contributed by atoms with E-state index in [0.717, 1.165) is 28.1 Å². The molecule has 0 radical (unpaired) electrons. The number of methoxy groups -OCH3 is 2. The predicted octanol–water partition coefficient (Wildman–Crippen LogP) is 5.80. The summed E-state index contributed by atoms with van der Waals surface area (Å²) < 4.78 is 12.7. The first-order valence-electron chi connectivity index (χ1n) is 13.2. The van der Waals surface area contributed by atoms with Crippen molar-refractivity contribution in [2.45, 2.75) is 12.1 Å². The molecule has 0 aliphatic carbocycles. The number of thiocarbonyl (C=S) groups is 1. The molecule has 5 aromatic rings. The summed E-state index contributed by atoms with van der Waals surface area (Å²) in [6.45, 7) is -0.0687. The highest BCUT2D eigenvalue weighted by Crippen LogP contribution is 2.44. The summed E-state index contributed by atoms with van der Waals surface area (Å²) in [4.78, 5) is 19.2. The predicted molar refractivity (Wildman–Crippen MR) is 165 cm³/mol. The molecule has 3 heterocycles. The van der Waals surface area contributed by atoms with Crippen molar-refractivity contribution in [2.24, 2.45) is 0 Å². The van der Waals surface area contributed by atoms with Gasteiger partial charge < -0.3 is 29.6 Å². The first-order valence-corrected chi connectivity index (χ1v) is 13.6. The Morgan fingerprint density at radius 3 is 2.54 bits per heavy atom. The van der Waals surface area contributed by atoms with E-state index in [1.54, 1.807) is 13.3 Å². The zero-order valence-electron chi connectivity index (χ0n) is 22.7. The van der Waals surface area contributed by atoms with Crippen LogP contribution in [0.1, 0.15) is 23.5 Å². The van der Waals surface area contributed by atoms with Crippen molar-refractivity contribution in [1.82, 2.24) is 14.9 Å². The van der Waals surface area contributed by atoms with E-state index in [0.29, 0.717) is 16.5 Å². The van der Waals surface area contributed by atoms with E-state index in [1.165, 1.54) is 12.5 Å². The molecule has 1 aliphatic heterocycles. The Labute approximate surface area is 243 Å². The number of anilines is 2. The van der Waals surface area contributed by atoms with Crippen LogP contribution >= 0.6 is 12.2 Å². The van der Waals surface area contributed by atoms with Gasteiger partial charge in [-0.1, -0.05) is 36.4 Å². The van der Waals surface area contributed by atoms with Crippen molar-refractivity contribution in [3.63, 3.8) is 0 Å². The second-order valence-corrected chi connectivity index (χ2v) is 10.1. The second kappa shape index (κ2) is 11.4. The van der Waals surface area contributed by atoms with Gasteiger partial charge in [-0.05, 0) is 77.6 Å². The summed E-state index contributed by atoms with van der Waals surface area (Å²) in [5, 5.41) is 9.31. The summed E-state index contributed by atoms with van der Waals surface area (Å²) in [7, 11) is 3.05. The summed E-state index contributed by atoms with van der Waals surface area (Å²) in [5.74, 6) is 0.256. The quantitative estimate of drug-likeness (QED) is 0.231. The van der Waals surface area contributed by atoms with Gasteiger partial charge in [0.1, 0.15) is 18.4 Å². The number of aromatic nitrogens is 2. The first-order chi connectivity index (χ1) is 20.1. The molecular weight excluding hydrogens is 534 g/mol. The summed E-state index contributed by atoms with van der Waals surface area (Å²) >= 11 is 5.95. The maximum Gasteiger partial charge on any atom is 0.250 e. The number of ether oxygens (including phenoxy) is 2. The highest BCUT2D eigenvalue weighted by atomic mass is 32.1. The van der Waals surface area contributed by atoms with Crippen LogP contribution in [0.5, 0.6) is 5.75 Å². The van der Waals surface area contributed by atoms with E-state index in [-0.39, 0.29) is 24.6 Å². The largest absolute Gasteiger partial charge is 0.495 e. The average Bonchev–Trinajstić information content (AvgIpc) is 3.62. The van der Waals surface area contributed by atoms with Crippen LogP contribution in [0.2, 0.25) is 0 Å². The lowest BCUT2D eigenvalue weighted by atomic mass is 10.0. The minimum absolute atomic E-state index is 0.0687. The zero-order valence-corrected chi connectivity index (χ0v) is 23.5. The third kappa shape index (κ3) is 5.13. The molecule has 3 aromatic carbocycles. The lowest BCUT2D eigenvalue weighted by Crippen LogP contribution is -2.30. The van der Waals surface area contributed by atoms with E-state index >= 15 is 0 Å². The summed E-state index contributed by atoms with van der Waals surface area (Å²) in [6.07, 6.45) is 3.86. The topological polar surface area (TPSA) is 80.7 Å². The normalized spacial score (nSPS) is 16.5. The molecular formula is C32H29N5O3S. The second-order valence-electron chi connectivity index (χ2n) is 9.70. The van der Waals surface area contributed by atoms with Crippen molar-refractivity contribution in [3.8, 4) is 11.4 Å². The Balaban J connectivity index is 1.47. The van der Waals surface area contributed by atoms with Gasteiger partial charge in [-0.3, -0.25) is 9.78 Å². The van der Waals surface area contributed by atoms with Crippen LogP contribution in [0.25, 0.3) is 16.5 Å². The molecule has 9 heteroatoms. The van der Waals surface area contributed by atoms with E-state index < -0.39 is 0 Å². The van der Waals surface area contributed by atoms with Gasteiger partial charge in [0.15, 0.2) is 5.11 Å². The molecule has 0 spiro atoms. The molecule has 1 saturated heterocycles. The number of benzene rings is 3. The van der Waals surface area contributed by atoms with E-state index in [4.69, 9.17) is 21.7 Å². The minimum Gasteiger partial charge on any atom is -0.495 e. The smallest absolute Gasteiger partial charge is 0.250 e. The number of hydrogen-bond acceptors (Lipinski definition) is 5. The molecule has 0 unspecified atom stereocenters. The number of nitrogens with zero attached hydrogens (tertiary/aromatic N) is 3. The van der Waals surface area contributed by atoms with Gasteiger partial charge in [0.05, 0.1) is 24.5 Å². The molecule has 1 amide bonds. The Hall–Kier alpha value is -4.73. The number of hydrogen-bond donors (Lipinski definition) is 2. The van der Waals surface area contributed by atoms with Crippen LogP contribution < -0.4 is 20.3 Å². The van der Waals surface area contributed by atoms with Gasteiger partial charge in [-0.2, -0.15) is 0 Å². The molecule has 2 atom stereocenters. The fraction of sp³-hybridized carbons (Fsp3) is 0.156. The molecule has 41 heavy (non-hydrogen) atoms. The van der Waals surface area contributed by atoms with Crippen molar-refractivity contribution in [1.29, 1.82) is 0 Å². The molecule has 2 N–H and O–H groups in total.